The number of carbonyl (C=O) groups excluding carboxylic acids is 1. The van der Waals surface area contributed by atoms with Gasteiger partial charge < -0.3 is 4.74 Å². The van der Waals surface area contributed by atoms with E-state index in [0.717, 1.165) is 12.0 Å². The second-order valence-electron chi connectivity index (χ2n) is 4.57. The van der Waals surface area contributed by atoms with Crippen LogP contribution in [-0.4, -0.2) is 17.4 Å². The normalized spacial score (nSPS) is 10.3. The lowest BCUT2D eigenvalue weighted by atomic mass is 10.0. The maximum absolute atomic E-state index is 12.4. The van der Waals surface area contributed by atoms with E-state index in [2.05, 4.69) is 4.98 Å². The topological polar surface area (TPSA) is 39.2 Å². The molecule has 2 aromatic rings. The zero-order valence-electron chi connectivity index (χ0n) is 11.5. The number of ether oxygens (including phenoxy) is 1. The highest BCUT2D eigenvalue weighted by Gasteiger charge is 2.14. The highest BCUT2D eigenvalue weighted by atomic mass is 35.5. The maximum Gasteiger partial charge on any atom is 0.196 e. The standard InChI is InChI=1S/C16H16ClNO2/c1-3-6-20-13-8-12(9-18-10-13)16(19)14-5-4-11(2)7-15(14)17/h4-5,7-10H,3,6H2,1-2H3. The Morgan fingerprint density at radius 1 is 1.30 bits per heavy atom. The predicted molar refractivity (Wildman–Crippen MR) is 79.6 cm³/mol. The van der Waals surface area contributed by atoms with Gasteiger partial charge in [-0.1, -0.05) is 24.6 Å². The first kappa shape index (κ1) is 14.5. The molecule has 104 valence electrons. The van der Waals surface area contributed by atoms with Crippen LogP contribution in [0.5, 0.6) is 5.75 Å². The van der Waals surface area contributed by atoms with Crippen molar-refractivity contribution < 1.29 is 9.53 Å². The average molecular weight is 290 g/mol. The Morgan fingerprint density at radius 3 is 2.80 bits per heavy atom. The van der Waals surface area contributed by atoms with Gasteiger partial charge in [0.25, 0.3) is 0 Å². The minimum atomic E-state index is -0.149. The summed E-state index contributed by atoms with van der Waals surface area (Å²) >= 11 is 6.13. The third-order valence-electron chi connectivity index (χ3n) is 2.82. The summed E-state index contributed by atoms with van der Waals surface area (Å²) in [4.78, 5) is 16.5. The first-order valence-electron chi connectivity index (χ1n) is 6.50. The molecule has 0 aliphatic heterocycles. The van der Waals surface area contributed by atoms with Gasteiger partial charge in [0.2, 0.25) is 0 Å². The Kier molecular flexibility index (Phi) is 4.74. The molecule has 0 spiro atoms. The van der Waals surface area contributed by atoms with Crippen LogP contribution in [0.2, 0.25) is 5.02 Å². The van der Waals surface area contributed by atoms with Gasteiger partial charge in [-0.2, -0.15) is 0 Å². The minimum Gasteiger partial charge on any atom is -0.492 e. The lowest BCUT2D eigenvalue weighted by molar-refractivity contribution is 0.103. The molecular weight excluding hydrogens is 274 g/mol. The van der Waals surface area contributed by atoms with Crippen LogP contribution in [0.25, 0.3) is 0 Å². The fourth-order valence-electron chi connectivity index (χ4n) is 1.80. The van der Waals surface area contributed by atoms with Gasteiger partial charge in [0.15, 0.2) is 5.78 Å². The summed E-state index contributed by atoms with van der Waals surface area (Å²) in [7, 11) is 0. The Labute approximate surface area is 123 Å². The van der Waals surface area contributed by atoms with Crippen LogP contribution in [0.4, 0.5) is 0 Å². The van der Waals surface area contributed by atoms with Gasteiger partial charge in [-0.15, -0.1) is 0 Å². The van der Waals surface area contributed by atoms with Gasteiger partial charge in [0.1, 0.15) is 5.75 Å². The minimum absolute atomic E-state index is 0.149. The predicted octanol–water partition coefficient (Wildman–Crippen LogP) is 4.06. The molecule has 0 radical (unpaired) electrons. The molecule has 20 heavy (non-hydrogen) atoms. The number of aromatic nitrogens is 1. The van der Waals surface area contributed by atoms with Crippen LogP contribution in [0.1, 0.15) is 34.8 Å². The van der Waals surface area contributed by atoms with E-state index >= 15 is 0 Å². The van der Waals surface area contributed by atoms with Crippen LogP contribution in [0.15, 0.2) is 36.7 Å². The Bertz CT molecular complexity index is 626. The van der Waals surface area contributed by atoms with E-state index in [4.69, 9.17) is 16.3 Å². The number of benzene rings is 1. The Balaban J connectivity index is 2.28. The summed E-state index contributed by atoms with van der Waals surface area (Å²) in [6.45, 7) is 4.56. The number of nitrogens with zero attached hydrogens (tertiary/aromatic N) is 1. The van der Waals surface area contributed by atoms with E-state index in [1.54, 1.807) is 24.4 Å². The van der Waals surface area contributed by atoms with E-state index < -0.39 is 0 Å². The zero-order chi connectivity index (χ0) is 14.5. The molecule has 0 atom stereocenters. The van der Waals surface area contributed by atoms with E-state index in [0.29, 0.717) is 28.5 Å². The molecule has 0 aliphatic rings. The van der Waals surface area contributed by atoms with Crippen LogP contribution in [0, 0.1) is 6.92 Å². The maximum atomic E-state index is 12.4. The van der Waals surface area contributed by atoms with Gasteiger partial charge in [-0.3, -0.25) is 9.78 Å². The molecule has 0 aliphatic carbocycles. The van der Waals surface area contributed by atoms with Crippen LogP contribution in [0.3, 0.4) is 0 Å². The van der Waals surface area contributed by atoms with E-state index in [1.165, 1.54) is 6.20 Å². The Morgan fingerprint density at radius 2 is 2.10 bits per heavy atom. The fourth-order valence-corrected chi connectivity index (χ4v) is 2.12. The number of hydrogen-bond acceptors (Lipinski definition) is 3. The van der Waals surface area contributed by atoms with Crippen molar-refractivity contribution in [2.24, 2.45) is 0 Å². The fraction of sp³-hybridized carbons (Fsp3) is 0.250. The average Bonchev–Trinajstić information content (AvgIpc) is 2.45. The number of ketones is 1. The van der Waals surface area contributed by atoms with Gasteiger partial charge in [-0.05, 0) is 37.1 Å². The summed E-state index contributed by atoms with van der Waals surface area (Å²) in [5.74, 6) is 0.449. The molecule has 0 fully saturated rings. The number of pyridine rings is 1. The molecule has 0 saturated heterocycles. The molecular formula is C16H16ClNO2. The molecule has 4 heteroatoms. The number of rotatable bonds is 5. The molecule has 1 heterocycles. The van der Waals surface area contributed by atoms with E-state index in [9.17, 15) is 4.79 Å². The van der Waals surface area contributed by atoms with Crippen molar-refractivity contribution in [1.82, 2.24) is 4.98 Å². The molecule has 1 aromatic heterocycles. The van der Waals surface area contributed by atoms with E-state index in [1.807, 2.05) is 19.9 Å². The van der Waals surface area contributed by atoms with Crippen molar-refractivity contribution in [3.63, 3.8) is 0 Å². The summed E-state index contributed by atoms with van der Waals surface area (Å²) in [6, 6.07) is 7.07. The highest BCUT2D eigenvalue weighted by Crippen LogP contribution is 2.22. The van der Waals surface area contributed by atoms with E-state index in [-0.39, 0.29) is 5.78 Å². The first-order valence-corrected chi connectivity index (χ1v) is 6.88. The first-order chi connectivity index (χ1) is 9.61. The van der Waals surface area contributed by atoms with Crippen molar-refractivity contribution in [3.05, 3.63) is 58.4 Å². The number of hydrogen-bond donors (Lipinski definition) is 0. The lowest BCUT2D eigenvalue weighted by Gasteiger charge is -2.07. The van der Waals surface area contributed by atoms with Crippen molar-refractivity contribution >= 4 is 17.4 Å². The largest absolute Gasteiger partial charge is 0.492 e. The van der Waals surface area contributed by atoms with Gasteiger partial charge in [0, 0.05) is 17.3 Å². The van der Waals surface area contributed by atoms with Crippen LogP contribution < -0.4 is 4.74 Å². The van der Waals surface area contributed by atoms with Crippen molar-refractivity contribution in [2.75, 3.05) is 6.61 Å². The summed E-state index contributed by atoms with van der Waals surface area (Å²) in [5, 5.41) is 0.454. The van der Waals surface area contributed by atoms with Gasteiger partial charge >= 0.3 is 0 Å². The quantitative estimate of drug-likeness (QED) is 0.779. The molecule has 0 amide bonds. The zero-order valence-corrected chi connectivity index (χ0v) is 12.3. The van der Waals surface area contributed by atoms with Crippen molar-refractivity contribution in [3.8, 4) is 5.75 Å². The number of halogens is 1. The number of carbonyl (C=O) groups is 1. The number of aryl methyl sites for hydroxylation is 1. The third-order valence-corrected chi connectivity index (χ3v) is 3.13. The SMILES string of the molecule is CCCOc1cncc(C(=O)c2ccc(C)cc2Cl)c1. The van der Waals surface area contributed by atoms with Crippen LogP contribution >= 0.6 is 11.6 Å². The summed E-state index contributed by atoms with van der Waals surface area (Å²) < 4.78 is 5.48. The molecule has 0 N–H and O–H groups in total. The van der Waals surface area contributed by atoms with Gasteiger partial charge in [0.05, 0.1) is 17.8 Å². The lowest BCUT2D eigenvalue weighted by Crippen LogP contribution is -2.04. The molecule has 0 saturated carbocycles. The smallest absolute Gasteiger partial charge is 0.196 e. The Hall–Kier alpha value is -1.87. The molecule has 1 aromatic carbocycles. The molecule has 0 unspecified atom stereocenters. The molecule has 3 nitrogen and oxygen atoms in total. The van der Waals surface area contributed by atoms with Crippen molar-refractivity contribution in [2.45, 2.75) is 20.3 Å². The summed E-state index contributed by atoms with van der Waals surface area (Å²) in [5.41, 5.74) is 1.97. The second-order valence-corrected chi connectivity index (χ2v) is 4.98. The summed E-state index contributed by atoms with van der Waals surface area (Å²) in [6.07, 6.45) is 4.03. The monoisotopic (exact) mass is 289 g/mol. The highest BCUT2D eigenvalue weighted by molar-refractivity contribution is 6.35. The second kappa shape index (κ2) is 6.53. The molecule has 0 bridgehead atoms. The molecule has 2 rings (SSSR count). The van der Waals surface area contributed by atoms with Gasteiger partial charge in [-0.25, -0.2) is 0 Å². The third kappa shape index (κ3) is 3.36. The van der Waals surface area contributed by atoms with Crippen LogP contribution in [-0.2, 0) is 0 Å². The van der Waals surface area contributed by atoms with Crippen molar-refractivity contribution in [1.29, 1.82) is 0 Å².